The van der Waals surface area contributed by atoms with E-state index in [9.17, 15) is 14.0 Å². The zero-order valence-corrected chi connectivity index (χ0v) is 15.6. The van der Waals surface area contributed by atoms with E-state index in [4.69, 9.17) is 9.47 Å². The van der Waals surface area contributed by atoms with E-state index in [1.54, 1.807) is 31.4 Å². The summed E-state index contributed by atoms with van der Waals surface area (Å²) in [6.45, 7) is 0.864. The monoisotopic (exact) mass is 388 g/mol. The van der Waals surface area contributed by atoms with Crippen molar-refractivity contribution in [1.82, 2.24) is 4.57 Å². The fraction of sp³-hybridized carbons (Fsp3) is 0.211. The molecule has 0 unspecified atom stereocenters. The Morgan fingerprint density at radius 2 is 1.96 bits per heavy atom. The van der Waals surface area contributed by atoms with Crippen molar-refractivity contribution in [3.63, 3.8) is 0 Å². The number of carbonyl (C=O) groups excluding carboxylic acids is 2. The predicted molar refractivity (Wildman–Crippen MR) is 99.3 cm³/mol. The number of nitrogens with zero attached hydrogens (tertiary/aromatic N) is 2. The zero-order chi connectivity index (χ0) is 19.4. The Labute approximate surface area is 158 Å². The lowest BCUT2D eigenvalue weighted by molar-refractivity contribution is 0.0600. The van der Waals surface area contributed by atoms with Gasteiger partial charge in [-0.3, -0.25) is 4.79 Å². The van der Waals surface area contributed by atoms with Gasteiger partial charge in [0.05, 0.1) is 35.1 Å². The van der Waals surface area contributed by atoms with Gasteiger partial charge in [0.1, 0.15) is 5.82 Å². The van der Waals surface area contributed by atoms with Crippen LogP contribution in [0.25, 0.3) is 10.2 Å². The first-order valence-electron chi connectivity index (χ1n) is 8.09. The number of esters is 1. The van der Waals surface area contributed by atoms with Crippen LogP contribution < -0.4 is 4.80 Å². The van der Waals surface area contributed by atoms with Crippen LogP contribution in [0, 0.1) is 5.82 Å². The number of methoxy groups -OCH3 is 2. The maximum atomic E-state index is 13.9. The first kappa shape index (κ1) is 18.9. The third-order valence-corrected chi connectivity index (χ3v) is 4.97. The largest absolute Gasteiger partial charge is 0.465 e. The van der Waals surface area contributed by atoms with Gasteiger partial charge in [0.2, 0.25) is 0 Å². The standard InChI is InChI=1S/C19H17FN2O4S/c1-25-10-9-22-15-8-7-12(18(24)26-2)11-16(15)27-19(22)21-17(23)13-5-3-4-6-14(13)20/h3-8,11H,9-10H2,1-2H3. The quantitative estimate of drug-likeness (QED) is 0.630. The molecule has 3 rings (SSSR count). The molecule has 0 spiro atoms. The Hall–Kier alpha value is -2.84. The lowest BCUT2D eigenvalue weighted by atomic mass is 10.2. The molecule has 27 heavy (non-hydrogen) atoms. The zero-order valence-electron chi connectivity index (χ0n) is 14.8. The van der Waals surface area contributed by atoms with Gasteiger partial charge in [-0.15, -0.1) is 0 Å². The van der Waals surface area contributed by atoms with Crippen LogP contribution in [0.15, 0.2) is 47.5 Å². The molecule has 1 heterocycles. The summed E-state index contributed by atoms with van der Waals surface area (Å²) in [4.78, 5) is 28.7. The first-order chi connectivity index (χ1) is 13.0. The molecule has 0 aliphatic rings. The van der Waals surface area contributed by atoms with Gasteiger partial charge >= 0.3 is 5.97 Å². The number of hydrogen-bond donors (Lipinski definition) is 0. The second-order valence-corrected chi connectivity index (χ2v) is 6.61. The van der Waals surface area contributed by atoms with Crippen molar-refractivity contribution < 1.29 is 23.5 Å². The minimum atomic E-state index is -0.668. The van der Waals surface area contributed by atoms with Gasteiger partial charge in [-0.1, -0.05) is 23.5 Å². The second kappa shape index (κ2) is 8.24. The number of thiazole rings is 1. The molecule has 140 valence electrons. The van der Waals surface area contributed by atoms with E-state index in [0.29, 0.717) is 23.5 Å². The van der Waals surface area contributed by atoms with Crippen LogP contribution in [0.1, 0.15) is 20.7 Å². The molecule has 0 aliphatic carbocycles. The average molecular weight is 388 g/mol. The molecule has 1 amide bonds. The maximum Gasteiger partial charge on any atom is 0.337 e. The van der Waals surface area contributed by atoms with Crippen LogP contribution in [-0.2, 0) is 16.0 Å². The number of benzene rings is 2. The number of aromatic nitrogens is 1. The van der Waals surface area contributed by atoms with E-state index in [1.165, 1.54) is 36.6 Å². The molecule has 0 atom stereocenters. The molecule has 0 bridgehead atoms. The Bertz CT molecular complexity index is 1070. The van der Waals surface area contributed by atoms with Crippen molar-refractivity contribution in [2.45, 2.75) is 6.54 Å². The van der Waals surface area contributed by atoms with Crippen LogP contribution >= 0.6 is 11.3 Å². The molecule has 1 aromatic heterocycles. The van der Waals surface area contributed by atoms with Crippen LogP contribution in [0.4, 0.5) is 4.39 Å². The second-order valence-electron chi connectivity index (χ2n) is 5.60. The number of halogens is 1. The Kier molecular flexibility index (Phi) is 5.78. The smallest absolute Gasteiger partial charge is 0.337 e. The summed E-state index contributed by atoms with van der Waals surface area (Å²) in [6, 6.07) is 10.8. The number of rotatable bonds is 5. The molecule has 0 aliphatic heterocycles. The molecule has 0 fully saturated rings. The molecule has 6 nitrogen and oxygen atoms in total. The van der Waals surface area contributed by atoms with E-state index in [0.717, 1.165) is 10.2 Å². The van der Waals surface area contributed by atoms with E-state index < -0.39 is 17.7 Å². The van der Waals surface area contributed by atoms with Gasteiger partial charge in [-0.25, -0.2) is 9.18 Å². The minimum absolute atomic E-state index is 0.0940. The van der Waals surface area contributed by atoms with Crippen LogP contribution in [0.2, 0.25) is 0 Å². The van der Waals surface area contributed by atoms with E-state index in [2.05, 4.69) is 4.99 Å². The van der Waals surface area contributed by atoms with E-state index in [-0.39, 0.29) is 5.56 Å². The van der Waals surface area contributed by atoms with Crippen molar-refractivity contribution in [2.75, 3.05) is 20.8 Å². The molecule has 2 aromatic carbocycles. The number of hydrogen-bond acceptors (Lipinski definition) is 5. The van der Waals surface area contributed by atoms with Crippen LogP contribution in [0.5, 0.6) is 0 Å². The van der Waals surface area contributed by atoms with Gasteiger partial charge in [0, 0.05) is 13.7 Å². The molecular weight excluding hydrogens is 371 g/mol. The number of fused-ring (bicyclic) bond motifs is 1. The summed E-state index contributed by atoms with van der Waals surface area (Å²) < 4.78 is 26.3. The number of ether oxygens (including phenoxy) is 2. The Morgan fingerprint density at radius 1 is 1.19 bits per heavy atom. The van der Waals surface area contributed by atoms with E-state index >= 15 is 0 Å². The average Bonchev–Trinajstić information content (AvgIpc) is 3.01. The summed E-state index contributed by atoms with van der Waals surface area (Å²) in [5.41, 5.74) is 1.10. The topological polar surface area (TPSA) is 69.9 Å². The summed E-state index contributed by atoms with van der Waals surface area (Å²) in [6.07, 6.45) is 0. The Morgan fingerprint density at radius 3 is 2.67 bits per heavy atom. The molecule has 0 N–H and O–H groups in total. The van der Waals surface area contributed by atoms with Crippen molar-refractivity contribution in [1.29, 1.82) is 0 Å². The van der Waals surface area contributed by atoms with Crippen LogP contribution in [0.3, 0.4) is 0 Å². The van der Waals surface area contributed by atoms with Gasteiger partial charge in [-0.05, 0) is 30.3 Å². The van der Waals surface area contributed by atoms with Crippen LogP contribution in [-0.4, -0.2) is 37.3 Å². The lowest BCUT2D eigenvalue weighted by Crippen LogP contribution is -2.19. The molecular formula is C19H17FN2O4S. The van der Waals surface area contributed by atoms with Gasteiger partial charge < -0.3 is 14.0 Å². The number of carbonyl (C=O) groups is 2. The van der Waals surface area contributed by atoms with Crippen molar-refractivity contribution >= 4 is 33.4 Å². The fourth-order valence-electron chi connectivity index (χ4n) is 2.58. The molecule has 8 heteroatoms. The highest BCUT2D eigenvalue weighted by Gasteiger charge is 2.14. The molecule has 0 saturated heterocycles. The summed E-state index contributed by atoms with van der Waals surface area (Å²) in [5.74, 6) is -1.74. The van der Waals surface area contributed by atoms with Crippen molar-refractivity contribution in [3.8, 4) is 0 Å². The minimum Gasteiger partial charge on any atom is -0.465 e. The van der Waals surface area contributed by atoms with Crippen molar-refractivity contribution in [2.24, 2.45) is 4.99 Å². The van der Waals surface area contributed by atoms with Gasteiger partial charge in [-0.2, -0.15) is 4.99 Å². The van der Waals surface area contributed by atoms with Gasteiger partial charge in [0.15, 0.2) is 4.80 Å². The molecule has 0 saturated carbocycles. The highest BCUT2D eigenvalue weighted by Crippen LogP contribution is 2.20. The maximum absolute atomic E-state index is 13.9. The van der Waals surface area contributed by atoms with Gasteiger partial charge in [0.25, 0.3) is 5.91 Å². The first-order valence-corrected chi connectivity index (χ1v) is 8.91. The molecule has 3 aromatic rings. The third kappa shape index (κ3) is 3.96. The van der Waals surface area contributed by atoms with E-state index in [1.807, 2.05) is 4.57 Å². The fourth-order valence-corrected chi connectivity index (χ4v) is 3.68. The third-order valence-electron chi connectivity index (χ3n) is 3.92. The SMILES string of the molecule is COCCn1c(=NC(=O)c2ccccc2F)sc2cc(C(=O)OC)ccc21. The predicted octanol–water partition coefficient (Wildman–Crippen LogP) is 3.02. The highest BCUT2D eigenvalue weighted by molar-refractivity contribution is 7.16. The summed E-state index contributed by atoms with van der Waals surface area (Å²) >= 11 is 1.23. The summed E-state index contributed by atoms with van der Waals surface area (Å²) in [5, 5.41) is 0. The summed E-state index contributed by atoms with van der Waals surface area (Å²) in [7, 11) is 2.89. The highest BCUT2D eigenvalue weighted by atomic mass is 32.1. The molecule has 0 radical (unpaired) electrons. The number of amides is 1. The lowest BCUT2D eigenvalue weighted by Gasteiger charge is -2.05. The van der Waals surface area contributed by atoms with Crippen molar-refractivity contribution in [3.05, 3.63) is 64.2 Å². The normalized spacial score (nSPS) is 11.7. The Balaban J connectivity index is 2.13.